The van der Waals surface area contributed by atoms with Crippen molar-refractivity contribution in [1.29, 1.82) is 0 Å². The van der Waals surface area contributed by atoms with Crippen molar-refractivity contribution in [3.05, 3.63) is 18.2 Å². The van der Waals surface area contributed by atoms with E-state index in [1.165, 1.54) is 25.2 Å². The van der Waals surface area contributed by atoms with Gasteiger partial charge in [-0.25, -0.2) is 4.98 Å². The molecule has 2 rings (SSSR count). The summed E-state index contributed by atoms with van der Waals surface area (Å²) in [5, 5.41) is 0. The molecule has 4 heteroatoms. The molecule has 0 bridgehead atoms. The van der Waals surface area contributed by atoms with E-state index in [2.05, 4.69) is 44.5 Å². The molecule has 1 aromatic heterocycles. The van der Waals surface area contributed by atoms with Crippen molar-refractivity contribution < 1.29 is 0 Å². The van der Waals surface area contributed by atoms with Crippen LogP contribution in [0.3, 0.4) is 0 Å². The molecule has 0 radical (unpaired) electrons. The van der Waals surface area contributed by atoms with Gasteiger partial charge in [-0.2, -0.15) is 0 Å². The maximum Gasteiger partial charge on any atom is 0.109 e. The Hall–Kier alpha value is -0.350. The number of aryl methyl sites for hydroxylation is 1. The summed E-state index contributed by atoms with van der Waals surface area (Å²) in [6.07, 6.45) is 7.61. The first-order valence-electron chi connectivity index (χ1n) is 5.94. The third-order valence-electron chi connectivity index (χ3n) is 3.39. The number of nitrogens with zero attached hydrogens (tertiary/aromatic N) is 3. The van der Waals surface area contributed by atoms with Crippen LogP contribution < -0.4 is 0 Å². The van der Waals surface area contributed by atoms with Gasteiger partial charge in [0.15, 0.2) is 0 Å². The van der Waals surface area contributed by atoms with Crippen LogP contribution in [-0.4, -0.2) is 39.4 Å². The maximum absolute atomic E-state index is 4.34. The molecule has 1 aromatic rings. The summed E-state index contributed by atoms with van der Waals surface area (Å²) in [6.45, 7) is 2.33. The van der Waals surface area contributed by atoms with Gasteiger partial charge in [0.05, 0.1) is 0 Å². The van der Waals surface area contributed by atoms with Crippen molar-refractivity contribution in [3.8, 4) is 0 Å². The van der Waals surface area contributed by atoms with Crippen LogP contribution in [0.15, 0.2) is 12.4 Å². The fourth-order valence-electron chi connectivity index (χ4n) is 2.26. The average Bonchev–Trinajstić information content (AvgIpc) is 2.59. The Morgan fingerprint density at radius 1 is 1.56 bits per heavy atom. The first-order valence-corrected chi connectivity index (χ1v) is 6.85. The van der Waals surface area contributed by atoms with Crippen LogP contribution in [0.2, 0.25) is 0 Å². The maximum atomic E-state index is 4.34. The van der Waals surface area contributed by atoms with Crippen LogP contribution in [0, 0.1) is 5.92 Å². The monoisotopic (exact) mass is 285 g/mol. The van der Waals surface area contributed by atoms with Crippen LogP contribution in [0.4, 0.5) is 0 Å². The second-order valence-corrected chi connectivity index (χ2v) is 6.20. The Morgan fingerprint density at radius 2 is 2.31 bits per heavy atom. The van der Waals surface area contributed by atoms with E-state index in [9.17, 15) is 0 Å². The highest BCUT2D eigenvalue weighted by Crippen LogP contribution is 2.33. The molecule has 0 N–H and O–H groups in total. The fourth-order valence-corrected chi connectivity index (χ4v) is 3.32. The van der Waals surface area contributed by atoms with E-state index in [-0.39, 0.29) is 0 Å². The second kappa shape index (κ2) is 5.32. The molecule has 0 aromatic carbocycles. The van der Waals surface area contributed by atoms with Gasteiger partial charge in [0.1, 0.15) is 5.82 Å². The molecular formula is C12H20BrN3. The van der Waals surface area contributed by atoms with Gasteiger partial charge in [-0.05, 0) is 25.8 Å². The molecular weight excluding hydrogens is 266 g/mol. The standard InChI is InChI=1S/C12H20BrN3/c1-15(9-10-7-11(13)8-10)5-3-12-14-4-6-16(12)2/h4,6,10-11H,3,5,7-9H2,1-2H3. The Kier molecular flexibility index (Phi) is 4.03. The molecule has 0 aliphatic heterocycles. The quantitative estimate of drug-likeness (QED) is 0.773. The summed E-state index contributed by atoms with van der Waals surface area (Å²) >= 11 is 3.64. The Labute approximate surface area is 106 Å². The lowest BCUT2D eigenvalue weighted by atomic mass is 9.85. The molecule has 0 atom stereocenters. The Bertz CT molecular complexity index is 331. The summed E-state index contributed by atoms with van der Waals surface area (Å²) in [4.78, 5) is 7.55. The summed E-state index contributed by atoms with van der Waals surface area (Å²) < 4.78 is 2.10. The third-order valence-corrected chi connectivity index (χ3v) is 4.13. The molecule has 0 spiro atoms. The number of halogens is 1. The molecule has 1 aliphatic rings. The number of hydrogen-bond acceptors (Lipinski definition) is 2. The third kappa shape index (κ3) is 3.08. The first-order chi connectivity index (χ1) is 7.65. The Morgan fingerprint density at radius 3 is 2.88 bits per heavy atom. The lowest BCUT2D eigenvalue weighted by molar-refractivity contribution is 0.214. The zero-order valence-electron chi connectivity index (χ0n) is 10.1. The highest BCUT2D eigenvalue weighted by molar-refractivity contribution is 9.09. The topological polar surface area (TPSA) is 21.1 Å². The van der Waals surface area contributed by atoms with Gasteiger partial charge in [0, 0.05) is 43.8 Å². The van der Waals surface area contributed by atoms with E-state index in [0.29, 0.717) is 0 Å². The van der Waals surface area contributed by atoms with E-state index in [0.717, 1.165) is 23.7 Å². The molecule has 1 aliphatic carbocycles. The normalized spacial score (nSPS) is 24.8. The average molecular weight is 286 g/mol. The summed E-state index contributed by atoms with van der Waals surface area (Å²) in [7, 11) is 4.27. The van der Waals surface area contributed by atoms with E-state index in [1.807, 2.05) is 12.4 Å². The van der Waals surface area contributed by atoms with Crippen molar-refractivity contribution in [2.45, 2.75) is 24.1 Å². The first kappa shape index (κ1) is 12.1. The second-order valence-electron chi connectivity index (χ2n) is 4.90. The van der Waals surface area contributed by atoms with E-state index < -0.39 is 0 Å². The van der Waals surface area contributed by atoms with Gasteiger partial charge in [-0.3, -0.25) is 0 Å². The van der Waals surface area contributed by atoms with Gasteiger partial charge in [-0.1, -0.05) is 15.9 Å². The molecule has 16 heavy (non-hydrogen) atoms. The number of likely N-dealkylation sites (N-methyl/N-ethyl adjacent to an activating group) is 1. The van der Waals surface area contributed by atoms with E-state index in [4.69, 9.17) is 0 Å². The minimum Gasteiger partial charge on any atom is -0.338 e. The highest BCUT2D eigenvalue weighted by Gasteiger charge is 2.27. The lowest BCUT2D eigenvalue weighted by Crippen LogP contribution is -2.35. The van der Waals surface area contributed by atoms with Crippen molar-refractivity contribution in [2.24, 2.45) is 13.0 Å². The van der Waals surface area contributed by atoms with E-state index in [1.54, 1.807) is 0 Å². The molecule has 0 amide bonds. The summed E-state index contributed by atoms with van der Waals surface area (Å²) in [5.41, 5.74) is 0. The van der Waals surface area contributed by atoms with Crippen molar-refractivity contribution >= 4 is 15.9 Å². The molecule has 0 unspecified atom stereocenters. The van der Waals surface area contributed by atoms with Crippen molar-refractivity contribution in [2.75, 3.05) is 20.1 Å². The molecule has 1 heterocycles. The van der Waals surface area contributed by atoms with Gasteiger partial charge in [0.25, 0.3) is 0 Å². The minimum absolute atomic E-state index is 0.778. The van der Waals surface area contributed by atoms with Crippen molar-refractivity contribution in [3.63, 3.8) is 0 Å². The zero-order valence-corrected chi connectivity index (χ0v) is 11.7. The fraction of sp³-hybridized carbons (Fsp3) is 0.750. The summed E-state index contributed by atoms with van der Waals surface area (Å²) in [6, 6.07) is 0. The number of hydrogen-bond donors (Lipinski definition) is 0. The molecule has 1 saturated carbocycles. The lowest BCUT2D eigenvalue weighted by Gasteiger charge is -2.34. The molecule has 1 fully saturated rings. The van der Waals surface area contributed by atoms with Crippen LogP contribution in [0.25, 0.3) is 0 Å². The van der Waals surface area contributed by atoms with Crippen LogP contribution >= 0.6 is 15.9 Å². The minimum atomic E-state index is 0.778. The van der Waals surface area contributed by atoms with E-state index >= 15 is 0 Å². The predicted molar refractivity (Wildman–Crippen MR) is 69.8 cm³/mol. The zero-order chi connectivity index (χ0) is 11.5. The molecule has 3 nitrogen and oxygen atoms in total. The van der Waals surface area contributed by atoms with Crippen LogP contribution in [-0.2, 0) is 13.5 Å². The van der Waals surface area contributed by atoms with Gasteiger partial charge >= 0.3 is 0 Å². The molecule has 90 valence electrons. The molecule has 0 saturated heterocycles. The highest BCUT2D eigenvalue weighted by atomic mass is 79.9. The van der Waals surface area contributed by atoms with Gasteiger partial charge < -0.3 is 9.47 Å². The van der Waals surface area contributed by atoms with Crippen LogP contribution in [0.5, 0.6) is 0 Å². The number of alkyl halides is 1. The van der Waals surface area contributed by atoms with Gasteiger partial charge in [0.2, 0.25) is 0 Å². The predicted octanol–water partition coefficient (Wildman–Crippen LogP) is 2.07. The largest absolute Gasteiger partial charge is 0.338 e. The van der Waals surface area contributed by atoms with Crippen LogP contribution in [0.1, 0.15) is 18.7 Å². The number of aromatic nitrogens is 2. The smallest absolute Gasteiger partial charge is 0.109 e. The SMILES string of the molecule is CN(CCc1nccn1C)CC1CC(Br)C1. The van der Waals surface area contributed by atoms with Gasteiger partial charge in [-0.15, -0.1) is 0 Å². The summed E-state index contributed by atoms with van der Waals surface area (Å²) in [5.74, 6) is 2.08. The Balaban J connectivity index is 1.68. The number of rotatable bonds is 5. The van der Waals surface area contributed by atoms with Crippen molar-refractivity contribution in [1.82, 2.24) is 14.5 Å². The number of imidazole rings is 1.